The third kappa shape index (κ3) is 3.31. The molecule has 0 saturated heterocycles. The maximum atomic E-state index is 13.0. The lowest BCUT2D eigenvalue weighted by Crippen LogP contribution is -2.33. The van der Waals surface area contributed by atoms with Gasteiger partial charge >= 0.3 is 0 Å². The fraction of sp³-hybridized carbons (Fsp3) is 0.353. The molecule has 120 valence electrons. The van der Waals surface area contributed by atoms with Crippen molar-refractivity contribution < 1.29 is 13.9 Å². The van der Waals surface area contributed by atoms with E-state index in [1.165, 1.54) is 7.11 Å². The van der Waals surface area contributed by atoms with E-state index in [9.17, 15) is 9.18 Å². The molecule has 3 rings (SSSR count). The van der Waals surface area contributed by atoms with Gasteiger partial charge in [-0.05, 0) is 18.9 Å². The Hall–Kier alpha value is -2.50. The van der Waals surface area contributed by atoms with Gasteiger partial charge in [-0.3, -0.25) is 4.79 Å². The lowest BCUT2D eigenvalue weighted by molar-refractivity contribution is 0.0935. The van der Waals surface area contributed by atoms with Crippen molar-refractivity contribution in [3.05, 3.63) is 42.0 Å². The Morgan fingerprint density at radius 1 is 1.26 bits per heavy atom. The summed E-state index contributed by atoms with van der Waals surface area (Å²) in [5.41, 5.74) is 0.911. The summed E-state index contributed by atoms with van der Waals surface area (Å²) in [4.78, 5) is 20.7. The molecule has 1 aromatic heterocycles. The Labute approximate surface area is 133 Å². The van der Waals surface area contributed by atoms with E-state index in [4.69, 9.17) is 4.74 Å². The molecule has 6 heteroatoms. The second-order valence-corrected chi connectivity index (χ2v) is 5.56. The van der Waals surface area contributed by atoms with Gasteiger partial charge in [0, 0.05) is 11.6 Å². The Bertz CT molecular complexity index is 697. The lowest BCUT2D eigenvalue weighted by Gasteiger charge is -2.16. The molecule has 2 aromatic rings. The van der Waals surface area contributed by atoms with Gasteiger partial charge in [-0.1, -0.05) is 25.0 Å². The molecular weight excluding hydrogens is 297 g/mol. The van der Waals surface area contributed by atoms with Crippen molar-refractivity contribution in [2.24, 2.45) is 0 Å². The third-order valence-electron chi connectivity index (χ3n) is 4.02. The second-order valence-electron chi connectivity index (χ2n) is 5.56. The summed E-state index contributed by atoms with van der Waals surface area (Å²) in [6.45, 7) is 0. The van der Waals surface area contributed by atoms with E-state index >= 15 is 0 Å². The first-order valence-electron chi connectivity index (χ1n) is 7.65. The molecule has 0 radical (unpaired) electrons. The first kappa shape index (κ1) is 15.4. The number of hydrogen-bond donors (Lipinski definition) is 1. The van der Waals surface area contributed by atoms with E-state index in [0.29, 0.717) is 22.7 Å². The minimum Gasteiger partial charge on any atom is -0.496 e. The molecule has 1 aromatic carbocycles. The minimum atomic E-state index is -0.520. The van der Waals surface area contributed by atoms with Gasteiger partial charge in [0.1, 0.15) is 5.75 Å². The van der Waals surface area contributed by atoms with Crippen LogP contribution in [0.3, 0.4) is 0 Å². The molecule has 1 amide bonds. The van der Waals surface area contributed by atoms with Crippen LogP contribution >= 0.6 is 0 Å². The number of hydrogen-bond acceptors (Lipinski definition) is 4. The van der Waals surface area contributed by atoms with Gasteiger partial charge in [-0.2, -0.15) is 0 Å². The Kier molecular flexibility index (Phi) is 4.50. The summed E-state index contributed by atoms with van der Waals surface area (Å²) < 4.78 is 18.4. The SMILES string of the molecule is COc1cccc(-c2ncc(F)cn2)c1C(=O)NC1CCCC1. The van der Waals surface area contributed by atoms with Crippen molar-refractivity contribution in [3.63, 3.8) is 0 Å². The van der Waals surface area contributed by atoms with Gasteiger partial charge in [0.15, 0.2) is 11.6 Å². The molecular formula is C17H18FN3O2. The van der Waals surface area contributed by atoms with Crippen molar-refractivity contribution in [1.82, 2.24) is 15.3 Å². The average Bonchev–Trinajstić information content (AvgIpc) is 3.07. The number of amides is 1. The number of methoxy groups -OCH3 is 1. The predicted molar refractivity (Wildman–Crippen MR) is 83.7 cm³/mol. The third-order valence-corrected chi connectivity index (χ3v) is 4.02. The van der Waals surface area contributed by atoms with Crippen LogP contribution in [0.5, 0.6) is 5.75 Å². The maximum absolute atomic E-state index is 13.0. The number of rotatable bonds is 4. The van der Waals surface area contributed by atoms with Gasteiger partial charge in [-0.15, -0.1) is 0 Å². The summed E-state index contributed by atoms with van der Waals surface area (Å²) in [6, 6.07) is 5.40. The molecule has 0 bridgehead atoms. The molecule has 1 aliphatic carbocycles. The number of carbonyl (C=O) groups is 1. The first-order valence-corrected chi connectivity index (χ1v) is 7.65. The van der Waals surface area contributed by atoms with Crippen molar-refractivity contribution in [1.29, 1.82) is 0 Å². The van der Waals surface area contributed by atoms with Gasteiger partial charge in [0.05, 0.1) is 25.1 Å². The molecule has 0 aliphatic heterocycles. The molecule has 1 aliphatic rings. The van der Waals surface area contributed by atoms with Crippen molar-refractivity contribution >= 4 is 5.91 Å². The average molecular weight is 315 g/mol. The smallest absolute Gasteiger partial charge is 0.256 e. The monoisotopic (exact) mass is 315 g/mol. The number of benzene rings is 1. The van der Waals surface area contributed by atoms with Crippen molar-refractivity contribution in [2.45, 2.75) is 31.7 Å². The predicted octanol–water partition coefficient (Wildman–Crippen LogP) is 2.96. The topological polar surface area (TPSA) is 64.1 Å². The van der Waals surface area contributed by atoms with E-state index in [1.54, 1.807) is 18.2 Å². The fourth-order valence-corrected chi connectivity index (χ4v) is 2.90. The number of carbonyl (C=O) groups excluding carboxylic acids is 1. The van der Waals surface area contributed by atoms with E-state index < -0.39 is 5.82 Å². The fourth-order valence-electron chi connectivity index (χ4n) is 2.90. The van der Waals surface area contributed by atoms with Crippen LogP contribution in [0, 0.1) is 5.82 Å². The highest BCUT2D eigenvalue weighted by Gasteiger charge is 2.23. The van der Waals surface area contributed by atoms with Gasteiger partial charge in [0.25, 0.3) is 5.91 Å². The quantitative estimate of drug-likeness (QED) is 0.942. The van der Waals surface area contributed by atoms with Gasteiger partial charge in [-0.25, -0.2) is 14.4 Å². The molecule has 0 spiro atoms. The summed E-state index contributed by atoms with van der Waals surface area (Å²) in [6.07, 6.45) is 6.41. The normalized spacial score (nSPS) is 14.7. The minimum absolute atomic E-state index is 0.189. The number of nitrogens with one attached hydrogen (secondary N) is 1. The molecule has 23 heavy (non-hydrogen) atoms. The Morgan fingerprint density at radius 2 is 1.96 bits per heavy atom. The zero-order chi connectivity index (χ0) is 16.2. The summed E-state index contributed by atoms with van der Waals surface area (Å²) in [5, 5.41) is 3.04. The van der Waals surface area contributed by atoms with Crippen LogP contribution in [0.25, 0.3) is 11.4 Å². The number of aromatic nitrogens is 2. The Morgan fingerprint density at radius 3 is 2.61 bits per heavy atom. The number of ether oxygens (including phenoxy) is 1. The standard InChI is InChI=1S/C17H18FN3O2/c1-23-14-8-4-7-13(16-19-9-11(18)10-20-16)15(14)17(22)21-12-5-2-3-6-12/h4,7-10,12H,2-3,5-6H2,1H3,(H,21,22). The van der Waals surface area contributed by atoms with Crippen LogP contribution in [0.15, 0.2) is 30.6 Å². The zero-order valence-corrected chi connectivity index (χ0v) is 12.9. The summed E-state index contributed by atoms with van der Waals surface area (Å²) in [5.74, 6) is 0.0127. The van der Waals surface area contributed by atoms with Crippen LogP contribution in [0.4, 0.5) is 4.39 Å². The second kappa shape index (κ2) is 6.73. The molecule has 0 unspecified atom stereocenters. The molecule has 0 atom stereocenters. The molecule has 1 N–H and O–H groups in total. The largest absolute Gasteiger partial charge is 0.496 e. The lowest BCUT2D eigenvalue weighted by atomic mass is 10.0. The van der Waals surface area contributed by atoms with Gasteiger partial charge < -0.3 is 10.1 Å². The van der Waals surface area contributed by atoms with Crippen molar-refractivity contribution in [2.75, 3.05) is 7.11 Å². The van der Waals surface area contributed by atoms with E-state index in [-0.39, 0.29) is 11.9 Å². The molecule has 1 saturated carbocycles. The van der Waals surface area contributed by atoms with E-state index in [0.717, 1.165) is 38.1 Å². The summed E-state index contributed by atoms with van der Waals surface area (Å²) >= 11 is 0. The summed E-state index contributed by atoms with van der Waals surface area (Å²) in [7, 11) is 1.51. The first-order chi connectivity index (χ1) is 11.2. The van der Waals surface area contributed by atoms with Crippen molar-refractivity contribution in [3.8, 4) is 17.1 Å². The maximum Gasteiger partial charge on any atom is 0.256 e. The molecule has 1 fully saturated rings. The van der Waals surface area contributed by atoms with Crippen LogP contribution in [0.2, 0.25) is 0 Å². The van der Waals surface area contributed by atoms with Crippen LogP contribution < -0.4 is 10.1 Å². The Balaban J connectivity index is 1.99. The van der Waals surface area contributed by atoms with Crippen LogP contribution in [0.1, 0.15) is 36.0 Å². The number of nitrogens with zero attached hydrogens (tertiary/aromatic N) is 2. The van der Waals surface area contributed by atoms with E-state index in [1.807, 2.05) is 0 Å². The highest BCUT2D eigenvalue weighted by atomic mass is 19.1. The molecule has 1 heterocycles. The van der Waals surface area contributed by atoms with E-state index in [2.05, 4.69) is 15.3 Å². The highest BCUT2D eigenvalue weighted by Crippen LogP contribution is 2.29. The highest BCUT2D eigenvalue weighted by molar-refractivity contribution is 6.03. The number of halogens is 1. The van der Waals surface area contributed by atoms with Crippen LogP contribution in [-0.2, 0) is 0 Å². The molecule has 5 nitrogen and oxygen atoms in total. The zero-order valence-electron chi connectivity index (χ0n) is 12.9. The van der Waals surface area contributed by atoms with Crippen LogP contribution in [-0.4, -0.2) is 29.0 Å². The van der Waals surface area contributed by atoms with Gasteiger partial charge in [0.2, 0.25) is 0 Å².